The molecule has 0 aliphatic heterocycles. The average molecular weight is 294 g/mol. The Kier molecular flexibility index (Phi) is 9.57. The van der Waals surface area contributed by atoms with E-state index in [0.29, 0.717) is 16.8 Å². The van der Waals surface area contributed by atoms with Crippen molar-refractivity contribution in [2.24, 2.45) is 0 Å². The molecule has 8 heteroatoms. The van der Waals surface area contributed by atoms with Crippen molar-refractivity contribution in [3.8, 4) is 5.75 Å². The number of halogens is 1. The summed E-state index contributed by atoms with van der Waals surface area (Å²) in [5.74, 6) is -2.24. The number of aliphatic carboxylic acids is 1. The number of carbonyl (C=O) groups is 2. The Bertz CT molecular complexity index is 437. The number of ketones is 1. The van der Waals surface area contributed by atoms with E-state index < -0.39 is 11.8 Å². The minimum atomic E-state index is -1.38. The Morgan fingerprint density at radius 2 is 1.74 bits per heavy atom. The molecular weight excluding hydrogens is 278 g/mol. The molecule has 0 bridgehead atoms. The van der Waals surface area contributed by atoms with Gasteiger partial charge in [-0.15, -0.1) is 12.4 Å². The van der Waals surface area contributed by atoms with Crippen molar-refractivity contribution in [1.29, 1.82) is 0 Å². The number of aromatic hydroxyl groups is 1. The van der Waals surface area contributed by atoms with Crippen molar-refractivity contribution in [3.05, 3.63) is 23.0 Å². The summed E-state index contributed by atoms with van der Waals surface area (Å²) in [7, 11) is 0. The van der Waals surface area contributed by atoms with Gasteiger partial charge in [-0.05, 0) is 6.92 Å². The van der Waals surface area contributed by atoms with Crippen molar-refractivity contribution in [1.82, 2.24) is 4.98 Å². The van der Waals surface area contributed by atoms with Gasteiger partial charge in [0.25, 0.3) is 0 Å². The standard InChI is InChI=1S/C8H11NO3.C3H4O3.ClH/c1-5-8(12)7(4-11)6(3-10)2-9-5;1-2(4)3(5)6;/h2,10-12H,3-4H2,1H3;1H3,(H,5,6);1H. The molecule has 0 aliphatic rings. The van der Waals surface area contributed by atoms with E-state index in [1.807, 2.05) is 0 Å². The normalized spacial score (nSPS) is 8.84. The number of rotatable bonds is 3. The van der Waals surface area contributed by atoms with Crippen LogP contribution in [0.1, 0.15) is 23.7 Å². The molecule has 0 saturated carbocycles. The summed E-state index contributed by atoms with van der Waals surface area (Å²) in [6.45, 7) is 2.12. The van der Waals surface area contributed by atoms with Crippen LogP contribution in [-0.2, 0) is 22.8 Å². The zero-order valence-electron chi connectivity index (χ0n) is 10.5. The van der Waals surface area contributed by atoms with Gasteiger partial charge in [-0.2, -0.15) is 0 Å². The van der Waals surface area contributed by atoms with Gasteiger partial charge in [0.2, 0.25) is 5.78 Å². The summed E-state index contributed by atoms with van der Waals surface area (Å²) in [4.78, 5) is 22.7. The molecule has 7 nitrogen and oxygen atoms in total. The number of aryl methyl sites for hydroxylation is 1. The second-order valence-electron chi connectivity index (χ2n) is 3.37. The van der Waals surface area contributed by atoms with Gasteiger partial charge in [0.15, 0.2) is 0 Å². The molecule has 0 unspecified atom stereocenters. The number of aromatic nitrogens is 1. The number of aliphatic hydroxyl groups excluding tert-OH is 2. The van der Waals surface area contributed by atoms with Gasteiger partial charge in [0.05, 0.1) is 18.9 Å². The van der Waals surface area contributed by atoms with E-state index in [1.165, 1.54) is 6.20 Å². The smallest absolute Gasteiger partial charge is 0.371 e. The molecule has 0 aliphatic carbocycles. The third-order valence-electron chi connectivity index (χ3n) is 2.06. The highest BCUT2D eigenvalue weighted by Crippen LogP contribution is 2.23. The maximum Gasteiger partial charge on any atom is 0.371 e. The number of carboxylic acids is 1. The highest BCUT2D eigenvalue weighted by Gasteiger charge is 2.09. The van der Waals surface area contributed by atoms with Crippen LogP contribution in [0.5, 0.6) is 5.75 Å². The van der Waals surface area contributed by atoms with E-state index >= 15 is 0 Å². The summed E-state index contributed by atoms with van der Waals surface area (Å²) in [5.41, 5.74) is 1.27. The van der Waals surface area contributed by atoms with Crippen LogP contribution in [-0.4, -0.2) is 37.2 Å². The monoisotopic (exact) mass is 293 g/mol. The van der Waals surface area contributed by atoms with Gasteiger partial charge >= 0.3 is 5.97 Å². The number of nitrogens with zero attached hydrogens (tertiary/aromatic N) is 1. The van der Waals surface area contributed by atoms with E-state index in [9.17, 15) is 14.7 Å². The van der Waals surface area contributed by atoms with Crippen LogP contribution in [0.4, 0.5) is 0 Å². The first-order chi connectivity index (χ1) is 8.34. The molecule has 1 heterocycles. The summed E-state index contributed by atoms with van der Waals surface area (Å²) in [5, 5.41) is 34.7. The van der Waals surface area contributed by atoms with Crippen LogP contribution < -0.4 is 0 Å². The number of pyridine rings is 1. The number of carbonyl (C=O) groups excluding carboxylic acids is 1. The van der Waals surface area contributed by atoms with Crippen molar-refractivity contribution >= 4 is 24.2 Å². The fraction of sp³-hybridized carbons (Fsp3) is 0.364. The number of aliphatic hydroxyl groups is 2. The van der Waals surface area contributed by atoms with Gasteiger partial charge < -0.3 is 20.4 Å². The van der Waals surface area contributed by atoms with E-state index in [-0.39, 0.29) is 31.4 Å². The minimum absolute atomic E-state index is 0. The van der Waals surface area contributed by atoms with Crippen molar-refractivity contribution in [3.63, 3.8) is 0 Å². The van der Waals surface area contributed by atoms with Gasteiger partial charge in [-0.25, -0.2) is 4.79 Å². The fourth-order valence-electron chi connectivity index (χ4n) is 0.997. The number of hydrogen-bond donors (Lipinski definition) is 4. The van der Waals surface area contributed by atoms with Crippen molar-refractivity contribution in [2.45, 2.75) is 27.1 Å². The molecule has 0 atom stereocenters. The van der Waals surface area contributed by atoms with Crippen LogP contribution in [0.15, 0.2) is 6.20 Å². The lowest BCUT2D eigenvalue weighted by atomic mass is 10.1. The predicted octanol–water partition coefficient (Wildman–Crippen LogP) is 0.162. The maximum atomic E-state index is 9.54. The van der Waals surface area contributed by atoms with Gasteiger partial charge in [0, 0.05) is 24.2 Å². The highest BCUT2D eigenvalue weighted by molar-refractivity contribution is 6.31. The zero-order chi connectivity index (χ0) is 14.3. The van der Waals surface area contributed by atoms with E-state index in [2.05, 4.69) is 4.98 Å². The Morgan fingerprint density at radius 1 is 1.26 bits per heavy atom. The number of carboxylic acid groups (broad SMARTS) is 1. The second-order valence-corrected chi connectivity index (χ2v) is 3.37. The molecule has 108 valence electrons. The SMILES string of the molecule is CC(=O)C(=O)O.Cc1ncc(CO)c(CO)c1O.Cl. The molecule has 0 saturated heterocycles. The first-order valence-corrected chi connectivity index (χ1v) is 4.97. The van der Waals surface area contributed by atoms with Crippen LogP contribution in [0.3, 0.4) is 0 Å². The number of Topliss-reactive ketones (excluding diaryl/α,β-unsaturated/α-hetero) is 1. The molecule has 0 amide bonds. The summed E-state index contributed by atoms with van der Waals surface area (Å²) >= 11 is 0. The Balaban J connectivity index is 0. The Labute approximate surface area is 115 Å². The lowest BCUT2D eigenvalue weighted by Gasteiger charge is -2.07. The molecule has 0 spiro atoms. The minimum Gasteiger partial charge on any atom is -0.506 e. The third kappa shape index (κ3) is 6.14. The maximum absolute atomic E-state index is 9.54. The molecule has 0 fully saturated rings. The molecule has 0 radical (unpaired) electrons. The summed E-state index contributed by atoms with van der Waals surface area (Å²) < 4.78 is 0. The largest absolute Gasteiger partial charge is 0.506 e. The molecule has 4 N–H and O–H groups in total. The van der Waals surface area contributed by atoms with Crippen LogP contribution in [0, 0.1) is 6.92 Å². The Morgan fingerprint density at radius 3 is 2.05 bits per heavy atom. The van der Waals surface area contributed by atoms with Crippen LogP contribution in [0.25, 0.3) is 0 Å². The van der Waals surface area contributed by atoms with E-state index in [4.69, 9.17) is 15.3 Å². The van der Waals surface area contributed by atoms with E-state index in [0.717, 1.165) is 6.92 Å². The molecule has 1 rings (SSSR count). The lowest BCUT2D eigenvalue weighted by molar-refractivity contribution is -0.148. The molecule has 1 aromatic rings. The van der Waals surface area contributed by atoms with Crippen molar-refractivity contribution < 1.29 is 30.0 Å². The quantitative estimate of drug-likeness (QED) is 0.584. The molecule has 1 aromatic heterocycles. The predicted molar refractivity (Wildman–Crippen MR) is 68.0 cm³/mol. The van der Waals surface area contributed by atoms with Crippen molar-refractivity contribution in [2.75, 3.05) is 0 Å². The first-order valence-electron chi connectivity index (χ1n) is 4.97. The molecule has 0 aromatic carbocycles. The number of hydrogen-bond acceptors (Lipinski definition) is 6. The van der Waals surface area contributed by atoms with Crippen LogP contribution in [0.2, 0.25) is 0 Å². The fourth-order valence-corrected chi connectivity index (χ4v) is 0.997. The Hall–Kier alpha value is -1.70. The molecule has 19 heavy (non-hydrogen) atoms. The van der Waals surface area contributed by atoms with Crippen LogP contribution >= 0.6 is 12.4 Å². The summed E-state index contributed by atoms with van der Waals surface area (Å²) in [6.07, 6.45) is 1.45. The first kappa shape index (κ1) is 19.6. The summed E-state index contributed by atoms with van der Waals surface area (Å²) in [6, 6.07) is 0. The van der Waals surface area contributed by atoms with Gasteiger partial charge in [-0.3, -0.25) is 9.78 Å². The topological polar surface area (TPSA) is 128 Å². The zero-order valence-corrected chi connectivity index (χ0v) is 11.3. The third-order valence-corrected chi connectivity index (χ3v) is 2.06. The van der Waals surface area contributed by atoms with E-state index in [1.54, 1.807) is 6.92 Å². The van der Waals surface area contributed by atoms with Gasteiger partial charge in [-0.1, -0.05) is 0 Å². The average Bonchev–Trinajstić information content (AvgIpc) is 2.33. The van der Waals surface area contributed by atoms with Gasteiger partial charge in [0.1, 0.15) is 5.75 Å². The molecular formula is C11H16ClNO6. The lowest BCUT2D eigenvalue weighted by Crippen LogP contribution is -2.05. The second kappa shape index (κ2) is 9.26. The highest BCUT2D eigenvalue weighted by atomic mass is 35.5.